The SMILES string of the molecule is CC(CCCN)CC1=COC=C(C2=CC=CCC2)O1.Cl. The van der Waals surface area contributed by atoms with E-state index in [0.717, 1.165) is 50.2 Å². The monoisotopic (exact) mass is 297 g/mol. The van der Waals surface area contributed by atoms with Crippen molar-refractivity contribution in [1.29, 1.82) is 0 Å². The molecule has 2 aliphatic rings. The standard InChI is InChI=1S/C16H23NO2.ClH/c1-13(6-5-9-17)10-15-11-18-12-16(19-15)14-7-3-2-4-8-14;/h2-3,7,11-13H,4-6,8-10,17H2,1H3;1H. The van der Waals surface area contributed by atoms with Crippen LogP contribution in [0.25, 0.3) is 0 Å². The second kappa shape index (κ2) is 8.88. The smallest absolute Gasteiger partial charge is 0.165 e. The molecule has 0 fully saturated rings. The molecule has 0 bridgehead atoms. The van der Waals surface area contributed by atoms with Crippen molar-refractivity contribution in [3.05, 3.63) is 47.8 Å². The third kappa shape index (κ3) is 5.06. The molecule has 112 valence electrons. The molecule has 3 nitrogen and oxygen atoms in total. The van der Waals surface area contributed by atoms with Crippen LogP contribution in [0.15, 0.2) is 47.8 Å². The van der Waals surface area contributed by atoms with Gasteiger partial charge in [0.15, 0.2) is 5.76 Å². The zero-order chi connectivity index (χ0) is 13.5. The Labute approximate surface area is 127 Å². The summed E-state index contributed by atoms with van der Waals surface area (Å²) in [7, 11) is 0. The van der Waals surface area contributed by atoms with Crippen LogP contribution in [-0.4, -0.2) is 6.54 Å². The summed E-state index contributed by atoms with van der Waals surface area (Å²) in [6, 6.07) is 0. The fourth-order valence-corrected chi connectivity index (χ4v) is 2.31. The van der Waals surface area contributed by atoms with Crippen molar-refractivity contribution < 1.29 is 9.47 Å². The van der Waals surface area contributed by atoms with E-state index in [2.05, 4.69) is 25.2 Å². The van der Waals surface area contributed by atoms with Crippen LogP contribution in [0.1, 0.15) is 39.0 Å². The number of allylic oxidation sites excluding steroid dienone is 5. The quantitative estimate of drug-likeness (QED) is 0.800. The van der Waals surface area contributed by atoms with E-state index in [0.29, 0.717) is 5.92 Å². The topological polar surface area (TPSA) is 44.5 Å². The molecule has 0 aromatic rings. The Kier molecular flexibility index (Phi) is 7.48. The Bertz CT molecular complexity index is 424. The summed E-state index contributed by atoms with van der Waals surface area (Å²) in [4.78, 5) is 0. The predicted octanol–water partition coefficient (Wildman–Crippen LogP) is 4.18. The van der Waals surface area contributed by atoms with Crippen LogP contribution in [0.4, 0.5) is 0 Å². The summed E-state index contributed by atoms with van der Waals surface area (Å²) in [6.45, 7) is 2.98. The molecule has 0 spiro atoms. The van der Waals surface area contributed by atoms with E-state index in [4.69, 9.17) is 15.2 Å². The molecule has 0 radical (unpaired) electrons. The highest BCUT2D eigenvalue weighted by atomic mass is 35.5. The summed E-state index contributed by atoms with van der Waals surface area (Å²) < 4.78 is 11.4. The Morgan fingerprint density at radius 1 is 1.35 bits per heavy atom. The van der Waals surface area contributed by atoms with Crippen LogP contribution in [0.2, 0.25) is 0 Å². The lowest BCUT2D eigenvalue weighted by Crippen LogP contribution is -2.08. The number of hydrogen-bond acceptors (Lipinski definition) is 3. The van der Waals surface area contributed by atoms with Gasteiger partial charge in [-0.3, -0.25) is 0 Å². The Morgan fingerprint density at radius 3 is 2.90 bits per heavy atom. The number of hydrogen-bond donors (Lipinski definition) is 1. The van der Waals surface area contributed by atoms with E-state index in [9.17, 15) is 0 Å². The molecule has 0 aromatic heterocycles. The number of halogens is 1. The fourth-order valence-electron chi connectivity index (χ4n) is 2.31. The van der Waals surface area contributed by atoms with Gasteiger partial charge in [0.05, 0.1) is 0 Å². The lowest BCUT2D eigenvalue weighted by Gasteiger charge is -2.21. The zero-order valence-electron chi connectivity index (χ0n) is 12.0. The Balaban J connectivity index is 0.00000200. The van der Waals surface area contributed by atoms with Gasteiger partial charge in [-0.25, -0.2) is 0 Å². The Hall–Kier alpha value is -1.19. The fraction of sp³-hybridized carbons (Fsp3) is 0.500. The minimum Gasteiger partial charge on any atom is -0.465 e. The van der Waals surface area contributed by atoms with E-state index in [1.807, 2.05) is 0 Å². The molecular weight excluding hydrogens is 274 g/mol. The molecule has 1 unspecified atom stereocenters. The van der Waals surface area contributed by atoms with Crippen molar-refractivity contribution in [1.82, 2.24) is 0 Å². The summed E-state index contributed by atoms with van der Waals surface area (Å²) in [5.41, 5.74) is 6.75. The first-order valence-corrected chi connectivity index (χ1v) is 7.08. The minimum atomic E-state index is 0. The minimum absolute atomic E-state index is 0. The second-order valence-electron chi connectivity index (χ2n) is 5.20. The van der Waals surface area contributed by atoms with Gasteiger partial charge in [-0.15, -0.1) is 12.4 Å². The van der Waals surface area contributed by atoms with Crippen LogP contribution in [0.5, 0.6) is 0 Å². The molecule has 0 saturated carbocycles. The molecular formula is C16H24ClNO2. The first-order chi connectivity index (χ1) is 9.29. The molecule has 0 amide bonds. The van der Waals surface area contributed by atoms with Gasteiger partial charge in [0.1, 0.15) is 18.3 Å². The summed E-state index contributed by atoms with van der Waals surface area (Å²) in [6.07, 6.45) is 14.9. The third-order valence-electron chi connectivity index (χ3n) is 3.40. The average molecular weight is 298 g/mol. The van der Waals surface area contributed by atoms with Crippen LogP contribution in [0.3, 0.4) is 0 Å². The second-order valence-corrected chi connectivity index (χ2v) is 5.20. The van der Waals surface area contributed by atoms with E-state index in [1.165, 1.54) is 5.57 Å². The van der Waals surface area contributed by atoms with Crippen molar-refractivity contribution in [3.63, 3.8) is 0 Å². The molecule has 1 atom stereocenters. The maximum Gasteiger partial charge on any atom is 0.165 e. The van der Waals surface area contributed by atoms with Crippen molar-refractivity contribution in [2.45, 2.75) is 39.0 Å². The van der Waals surface area contributed by atoms with Gasteiger partial charge in [-0.05, 0) is 43.7 Å². The zero-order valence-corrected chi connectivity index (χ0v) is 12.8. The highest BCUT2D eigenvalue weighted by Crippen LogP contribution is 2.29. The summed E-state index contributed by atoms with van der Waals surface area (Å²) in [5, 5.41) is 0. The molecule has 2 N–H and O–H groups in total. The van der Waals surface area contributed by atoms with Crippen LogP contribution in [0, 0.1) is 5.92 Å². The predicted molar refractivity (Wildman–Crippen MR) is 84.1 cm³/mol. The maximum atomic E-state index is 5.94. The normalized spacial score (nSPS) is 18.8. The van der Waals surface area contributed by atoms with E-state index < -0.39 is 0 Å². The van der Waals surface area contributed by atoms with E-state index in [-0.39, 0.29) is 12.4 Å². The van der Waals surface area contributed by atoms with Crippen molar-refractivity contribution in [2.75, 3.05) is 6.54 Å². The van der Waals surface area contributed by atoms with Gasteiger partial charge in [-0.1, -0.05) is 25.2 Å². The highest BCUT2D eigenvalue weighted by molar-refractivity contribution is 5.85. The molecule has 0 aromatic carbocycles. The first kappa shape index (κ1) is 16.9. The lowest BCUT2D eigenvalue weighted by atomic mass is 10.0. The molecule has 1 aliphatic heterocycles. The first-order valence-electron chi connectivity index (χ1n) is 7.08. The van der Waals surface area contributed by atoms with Gasteiger partial charge in [0.2, 0.25) is 0 Å². The third-order valence-corrected chi connectivity index (χ3v) is 3.40. The Morgan fingerprint density at radius 2 is 2.20 bits per heavy atom. The van der Waals surface area contributed by atoms with Crippen LogP contribution >= 0.6 is 12.4 Å². The van der Waals surface area contributed by atoms with Gasteiger partial charge in [0, 0.05) is 6.42 Å². The summed E-state index contributed by atoms with van der Waals surface area (Å²) in [5.74, 6) is 2.34. The number of ether oxygens (including phenoxy) is 2. The summed E-state index contributed by atoms with van der Waals surface area (Å²) >= 11 is 0. The van der Waals surface area contributed by atoms with Crippen LogP contribution < -0.4 is 5.73 Å². The molecule has 4 heteroatoms. The number of nitrogens with two attached hydrogens (primary N) is 1. The van der Waals surface area contributed by atoms with Crippen molar-refractivity contribution >= 4 is 12.4 Å². The lowest BCUT2D eigenvalue weighted by molar-refractivity contribution is 0.208. The van der Waals surface area contributed by atoms with Gasteiger partial charge >= 0.3 is 0 Å². The van der Waals surface area contributed by atoms with E-state index in [1.54, 1.807) is 12.5 Å². The molecule has 2 rings (SSSR count). The number of rotatable bonds is 6. The molecule has 1 aliphatic carbocycles. The van der Waals surface area contributed by atoms with Crippen molar-refractivity contribution in [2.24, 2.45) is 11.7 Å². The largest absolute Gasteiger partial charge is 0.465 e. The van der Waals surface area contributed by atoms with E-state index >= 15 is 0 Å². The molecule has 20 heavy (non-hydrogen) atoms. The van der Waals surface area contributed by atoms with Gasteiger partial charge in [0.25, 0.3) is 0 Å². The maximum absolute atomic E-state index is 5.94. The highest BCUT2D eigenvalue weighted by Gasteiger charge is 2.16. The molecule has 1 heterocycles. The average Bonchev–Trinajstić information content (AvgIpc) is 2.46. The van der Waals surface area contributed by atoms with Gasteiger partial charge < -0.3 is 15.2 Å². The van der Waals surface area contributed by atoms with Crippen molar-refractivity contribution in [3.8, 4) is 0 Å². The van der Waals surface area contributed by atoms with Crippen LogP contribution in [-0.2, 0) is 9.47 Å². The molecule has 0 saturated heterocycles. The van der Waals surface area contributed by atoms with Gasteiger partial charge in [-0.2, -0.15) is 0 Å².